The Morgan fingerprint density at radius 1 is 0.825 bits per heavy atom. The maximum Gasteiger partial charge on any atom is 0.274 e. The van der Waals surface area contributed by atoms with Crippen molar-refractivity contribution in [3.05, 3.63) is 81.4 Å². The van der Waals surface area contributed by atoms with E-state index in [1.54, 1.807) is 44.2 Å². The molecular weight excluding hydrogens is 734 g/mol. The molecule has 3 heterocycles. The molecule has 1 atom stereocenters. The van der Waals surface area contributed by atoms with Crippen molar-refractivity contribution in [2.45, 2.75) is 57.4 Å². The fourth-order valence-corrected chi connectivity index (χ4v) is 7.59. The Morgan fingerprint density at radius 3 is 2.18 bits per heavy atom. The number of carbonyl (C=O) groups excluding carboxylic acids is 6. The Labute approximate surface area is 329 Å². The van der Waals surface area contributed by atoms with Gasteiger partial charge in [0.15, 0.2) is 5.78 Å². The summed E-state index contributed by atoms with van der Waals surface area (Å²) >= 11 is 0. The summed E-state index contributed by atoms with van der Waals surface area (Å²) in [5.74, 6) is -0.899. The van der Waals surface area contributed by atoms with Gasteiger partial charge in [-0.25, -0.2) is 0 Å². The number of hydrogen-bond donors (Lipinski definition) is 2. The standard InChI is InChI=1S/C42H47N5O10/c1-45-18-15-28-31(24-46(2)42(54)39(28)45)26-21-34(55-3)29(35(22-26)56-4)8-6-10-36(50)43-16-19-57-20-17-44-37(51)14-11-25-7-5-9-30-38(25)41(53)47(40(30)52)32-13-12-27(48)23-33(32)49/h5,7,9,15,18,21-22,24,32H,6,8,10-14,16-17,19-20,23H2,1-4H3,(H,43,50)(H,44,51). The van der Waals surface area contributed by atoms with Gasteiger partial charge < -0.3 is 34.0 Å². The van der Waals surface area contributed by atoms with Gasteiger partial charge in [-0.1, -0.05) is 12.1 Å². The number of fused-ring (bicyclic) bond motifs is 2. The lowest BCUT2D eigenvalue weighted by atomic mass is 9.92. The van der Waals surface area contributed by atoms with Crippen molar-refractivity contribution >= 4 is 46.1 Å². The Kier molecular flexibility index (Phi) is 12.7. The molecular formula is C42H47N5O10. The lowest BCUT2D eigenvalue weighted by molar-refractivity contribution is -0.132. The third-order valence-electron chi connectivity index (χ3n) is 10.5. The van der Waals surface area contributed by atoms with Crippen molar-refractivity contribution in [2.75, 3.05) is 40.5 Å². The monoisotopic (exact) mass is 781 g/mol. The highest BCUT2D eigenvalue weighted by atomic mass is 16.5. The van der Waals surface area contributed by atoms with E-state index in [-0.39, 0.29) is 92.6 Å². The molecule has 0 saturated heterocycles. The third kappa shape index (κ3) is 8.68. The van der Waals surface area contributed by atoms with Crippen molar-refractivity contribution in [2.24, 2.45) is 14.1 Å². The van der Waals surface area contributed by atoms with Gasteiger partial charge in [-0.05, 0) is 61.1 Å². The summed E-state index contributed by atoms with van der Waals surface area (Å²) in [4.78, 5) is 89.4. The average Bonchev–Trinajstić information content (AvgIpc) is 3.71. The number of amides is 4. The first-order chi connectivity index (χ1) is 27.4. The fraction of sp³-hybridized carbons (Fsp3) is 0.405. The van der Waals surface area contributed by atoms with E-state index >= 15 is 0 Å². The molecule has 15 nitrogen and oxygen atoms in total. The second-order valence-corrected chi connectivity index (χ2v) is 14.2. The summed E-state index contributed by atoms with van der Waals surface area (Å²) in [6.45, 7) is 1.03. The van der Waals surface area contributed by atoms with E-state index < -0.39 is 23.6 Å². The van der Waals surface area contributed by atoms with E-state index in [1.165, 1.54) is 6.07 Å². The lowest BCUT2D eigenvalue weighted by Crippen LogP contribution is -2.47. The van der Waals surface area contributed by atoms with Crippen LogP contribution in [0.2, 0.25) is 0 Å². The van der Waals surface area contributed by atoms with E-state index in [4.69, 9.17) is 14.2 Å². The van der Waals surface area contributed by atoms with Crippen LogP contribution in [0.25, 0.3) is 22.0 Å². The van der Waals surface area contributed by atoms with Crippen molar-refractivity contribution in [1.82, 2.24) is 24.7 Å². The zero-order valence-electron chi connectivity index (χ0n) is 32.6. The SMILES string of the molecule is COc1cc(-c2cn(C)c(=O)c3c2ccn3C)cc(OC)c1CCCC(=O)NCCOCCNC(=O)CCc1cccc2c1C(=O)N(C1CCC(=O)CC1=O)C2=O. The van der Waals surface area contributed by atoms with Gasteiger partial charge in [-0.3, -0.25) is 38.5 Å². The summed E-state index contributed by atoms with van der Waals surface area (Å²) in [6, 6.07) is 9.68. The molecule has 15 heteroatoms. The molecule has 2 N–H and O–H groups in total. The second kappa shape index (κ2) is 17.8. The van der Waals surface area contributed by atoms with E-state index in [0.717, 1.165) is 27.0 Å². The number of aromatic nitrogens is 2. The summed E-state index contributed by atoms with van der Waals surface area (Å²) in [5, 5.41) is 6.45. The van der Waals surface area contributed by atoms with Crippen LogP contribution in [-0.4, -0.2) is 95.8 Å². The van der Waals surface area contributed by atoms with Crippen molar-refractivity contribution in [3.8, 4) is 22.6 Å². The zero-order valence-corrected chi connectivity index (χ0v) is 32.6. The third-order valence-corrected chi connectivity index (χ3v) is 10.5. The number of rotatable bonds is 17. The second-order valence-electron chi connectivity index (χ2n) is 14.2. The minimum Gasteiger partial charge on any atom is -0.496 e. The molecule has 0 bridgehead atoms. The Balaban J connectivity index is 0.899. The van der Waals surface area contributed by atoms with Crippen LogP contribution < -0.4 is 25.7 Å². The summed E-state index contributed by atoms with van der Waals surface area (Å²) < 4.78 is 20.4. The smallest absolute Gasteiger partial charge is 0.274 e. The molecule has 0 radical (unpaired) electrons. The molecule has 2 aromatic carbocycles. The minimum atomic E-state index is -0.952. The van der Waals surface area contributed by atoms with Crippen molar-refractivity contribution in [1.29, 1.82) is 0 Å². The fourth-order valence-electron chi connectivity index (χ4n) is 7.59. The average molecular weight is 782 g/mol. The van der Waals surface area contributed by atoms with E-state index in [9.17, 15) is 33.6 Å². The molecule has 57 heavy (non-hydrogen) atoms. The van der Waals surface area contributed by atoms with Crippen LogP contribution in [0.5, 0.6) is 11.5 Å². The highest BCUT2D eigenvalue weighted by Gasteiger charge is 2.45. The molecule has 6 rings (SSSR count). The van der Waals surface area contributed by atoms with Gasteiger partial charge in [-0.2, -0.15) is 0 Å². The largest absolute Gasteiger partial charge is 0.496 e. The number of ketones is 2. The topological polar surface area (TPSA) is 184 Å². The van der Waals surface area contributed by atoms with Gasteiger partial charge in [0, 0.05) is 75.4 Å². The van der Waals surface area contributed by atoms with Gasteiger partial charge in [0.1, 0.15) is 22.8 Å². The summed E-state index contributed by atoms with van der Waals surface area (Å²) in [5.41, 5.74) is 4.00. The number of aryl methyl sites for hydroxylation is 3. The Morgan fingerprint density at radius 2 is 1.51 bits per heavy atom. The molecule has 2 aliphatic rings. The Hall–Kier alpha value is -6.09. The van der Waals surface area contributed by atoms with E-state index in [2.05, 4.69) is 10.6 Å². The zero-order chi connectivity index (χ0) is 40.8. The van der Waals surface area contributed by atoms with Crippen LogP contribution in [0.3, 0.4) is 0 Å². The number of pyridine rings is 1. The van der Waals surface area contributed by atoms with Gasteiger partial charge in [0.2, 0.25) is 11.8 Å². The van der Waals surface area contributed by atoms with Gasteiger partial charge in [0.25, 0.3) is 17.4 Å². The number of ether oxygens (including phenoxy) is 3. The quantitative estimate of drug-likeness (QED) is 0.0918. The molecule has 1 saturated carbocycles. The van der Waals surface area contributed by atoms with Crippen LogP contribution in [0.4, 0.5) is 0 Å². The van der Waals surface area contributed by atoms with Crippen LogP contribution in [-0.2, 0) is 50.9 Å². The highest BCUT2D eigenvalue weighted by molar-refractivity contribution is 6.24. The maximum absolute atomic E-state index is 13.3. The molecule has 1 aliphatic heterocycles. The van der Waals surface area contributed by atoms with Gasteiger partial charge >= 0.3 is 0 Å². The summed E-state index contributed by atoms with van der Waals surface area (Å²) in [6.07, 6.45) is 5.28. The first-order valence-corrected chi connectivity index (χ1v) is 19.0. The molecule has 2 aromatic heterocycles. The number of nitrogens with zero attached hydrogens (tertiary/aromatic N) is 3. The van der Waals surface area contributed by atoms with Crippen LogP contribution >= 0.6 is 0 Å². The number of carbonyl (C=O) groups is 6. The van der Waals surface area contributed by atoms with Crippen LogP contribution in [0, 0.1) is 0 Å². The van der Waals surface area contributed by atoms with Crippen molar-refractivity contribution < 1.29 is 43.0 Å². The summed E-state index contributed by atoms with van der Waals surface area (Å²) in [7, 11) is 6.74. The number of imide groups is 1. The van der Waals surface area contributed by atoms with E-state index in [0.29, 0.717) is 42.0 Å². The highest BCUT2D eigenvalue weighted by Crippen LogP contribution is 2.38. The first kappa shape index (κ1) is 40.6. The minimum absolute atomic E-state index is 0.0686. The molecule has 1 aliphatic carbocycles. The Bertz CT molecular complexity index is 2280. The van der Waals surface area contributed by atoms with Gasteiger partial charge in [-0.15, -0.1) is 0 Å². The molecule has 0 spiro atoms. The predicted molar refractivity (Wildman–Crippen MR) is 209 cm³/mol. The lowest BCUT2D eigenvalue weighted by Gasteiger charge is -2.27. The molecule has 300 valence electrons. The molecule has 1 unspecified atom stereocenters. The normalized spacial score (nSPS) is 15.3. The van der Waals surface area contributed by atoms with Gasteiger partial charge in [0.05, 0.1) is 51.0 Å². The van der Waals surface area contributed by atoms with Crippen LogP contribution in [0.15, 0.2) is 53.6 Å². The molecule has 4 aromatic rings. The van der Waals surface area contributed by atoms with Crippen LogP contribution in [0.1, 0.15) is 70.4 Å². The predicted octanol–water partition coefficient (Wildman–Crippen LogP) is 3.05. The maximum atomic E-state index is 13.3. The molecule has 1 fully saturated rings. The van der Waals surface area contributed by atoms with E-state index in [1.807, 2.05) is 36.0 Å². The number of nitrogens with one attached hydrogen (secondary N) is 2. The molecule has 4 amide bonds. The number of hydrogen-bond acceptors (Lipinski definition) is 10. The first-order valence-electron chi connectivity index (χ1n) is 19.0. The number of Topliss-reactive ketones (excluding diaryl/α,β-unsaturated/α-hetero) is 2. The van der Waals surface area contributed by atoms with Crippen molar-refractivity contribution in [3.63, 3.8) is 0 Å². The number of benzene rings is 2. The number of methoxy groups -OCH3 is 2.